The van der Waals surface area contributed by atoms with Gasteiger partial charge in [0, 0.05) is 12.5 Å². The molecule has 1 saturated carbocycles. The molecule has 4 N–H and O–H groups in total. The smallest absolute Gasteiger partial charge is 0.328 e. The van der Waals surface area contributed by atoms with Crippen LogP contribution in [0.15, 0.2) is 11.6 Å². The molecule has 68 valence electrons. The standard InChI is InChI=1S/C7H10O5/c8-4-1-3(2-5(9)10)6(11)7(4)12/h2,4,6-8,11-12H,1H2,(H,9,10)/b3-2+/t4-,6-,7-/m0/s1. The van der Waals surface area contributed by atoms with Gasteiger partial charge >= 0.3 is 5.97 Å². The van der Waals surface area contributed by atoms with Crippen LogP contribution in [0.3, 0.4) is 0 Å². The molecule has 1 aliphatic rings. The lowest BCUT2D eigenvalue weighted by atomic mass is 10.2. The molecule has 0 amide bonds. The van der Waals surface area contributed by atoms with E-state index in [4.69, 9.17) is 20.4 Å². The normalized spacial score (nSPS) is 38.9. The Morgan fingerprint density at radius 1 is 1.42 bits per heavy atom. The molecule has 0 saturated heterocycles. The summed E-state index contributed by atoms with van der Waals surface area (Å²) < 4.78 is 0. The molecule has 0 heterocycles. The highest BCUT2D eigenvalue weighted by molar-refractivity contribution is 5.81. The monoisotopic (exact) mass is 174 g/mol. The largest absolute Gasteiger partial charge is 0.478 e. The summed E-state index contributed by atoms with van der Waals surface area (Å²) in [5.74, 6) is -1.19. The van der Waals surface area contributed by atoms with Gasteiger partial charge in [-0.1, -0.05) is 0 Å². The maximum absolute atomic E-state index is 10.2. The molecule has 3 atom stereocenters. The third kappa shape index (κ3) is 1.63. The van der Waals surface area contributed by atoms with E-state index in [0.29, 0.717) is 0 Å². The maximum Gasteiger partial charge on any atom is 0.328 e. The third-order valence-corrected chi connectivity index (χ3v) is 1.85. The van der Waals surface area contributed by atoms with Crippen LogP contribution in [0.2, 0.25) is 0 Å². The Labute approximate surface area is 68.6 Å². The van der Waals surface area contributed by atoms with Crippen molar-refractivity contribution in [1.29, 1.82) is 0 Å². The van der Waals surface area contributed by atoms with E-state index in [1.807, 2.05) is 0 Å². The predicted molar refractivity (Wildman–Crippen MR) is 38.4 cm³/mol. The number of carboxylic acid groups (broad SMARTS) is 1. The maximum atomic E-state index is 10.2. The highest BCUT2D eigenvalue weighted by Crippen LogP contribution is 2.25. The number of hydrogen-bond donors (Lipinski definition) is 4. The lowest BCUT2D eigenvalue weighted by Crippen LogP contribution is -2.28. The topological polar surface area (TPSA) is 98.0 Å². The van der Waals surface area contributed by atoms with Crippen molar-refractivity contribution in [2.75, 3.05) is 0 Å². The Kier molecular flexibility index (Phi) is 2.46. The quantitative estimate of drug-likeness (QED) is 0.362. The molecule has 0 aromatic rings. The van der Waals surface area contributed by atoms with Crippen molar-refractivity contribution in [3.05, 3.63) is 11.6 Å². The molecular weight excluding hydrogens is 164 g/mol. The first-order chi connectivity index (χ1) is 5.52. The van der Waals surface area contributed by atoms with Crippen molar-refractivity contribution in [3.63, 3.8) is 0 Å². The second kappa shape index (κ2) is 3.22. The van der Waals surface area contributed by atoms with Crippen LogP contribution in [-0.2, 0) is 4.79 Å². The van der Waals surface area contributed by atoms with Gasteiger partial charge in [0.15, 0.2) is 0 Å². The van der Waals surface area contributed by atoms with E-state index in [2.05, 4.69) is 0 Å². The fourth-order valence-corrected chi connectivity index (χ4v) is 1.22. The summed E-state index contributed by atoms with van der Waals surface area (Å²) in [7, 11) is 0. The Morgan fingerprint density at radius 2 is 2.00 bits per heavy atom. The number of aliphatic hydroxyl groups excluding tert-OH is 3. The van der Waals surface area contributed by atoms with Gasteiger partial charge < -0.3 is 20.4 Å². The van der Waals surface area contributed by atoms with Crippen molar-refractivity contribution in [3.8, 4) is 0 Å². The van der Waals surface area contributed by atoms with Crippen LogP contribution in [0.1, 0.15) is 6.42 Å². The molecule has 0 aromatic carbocycles. The number of rotatable bonds is 1. The summed E-state index contributed by atoms with van der Waals surface area (Å²) in [6, 6.07) is 0. The molecule has 12 heavy (non-hydrogen) atoms. The molecule has 0 aliphatic heterocycles. The summed E-state index contributed by atoms with van der Waals surface area (Å²) in [4.78, 5) is 10.2. The van der Waals surface area contributed by atoms with Gasteiger partial charge in [-0.25, -0.2) is 4.79 Å². The molecular formula is C7H10O5. The van der Waals surface area contributed by atoms with Crippen molar-refractivity contribution in [1.82, 2.24) is 0 Å². The fraction of sp³-hybridized carbons (Fsp3) is 0.571. The van der Waals surface area contributed by atoms with E-state index in [1.165, 1.54) is 0 Å². The third-order valence-electron chi connectivity index (χ3n) is 1.85. The van der Waals surface area contributed by atoms with Crippen LogP contribution in [0, 0.1) is 0 Å². The Bertz CT molecular complexity index is 222. The van der Waals surface area contributed by atoms with Gasteiger partial charge in [0.05, 0.1) is 6.10 Å². The summed E-state index contributed by atoms with van der Waals surface area (Å²) in [5.41, 5.74) is 0.155. The van der Waals surface area contributed by atoms with Crippen LogP contribution >= 0.6 is 0 Å². The molecule has 5 heteroatoms. The average molecular weight is 174 g/mol. The first-order valence-corrected chi connectivity index (χ1v) is 3.50. The van der Waals surface area contributed by atoms with Gasteiger partial charge in [-0.3, -0.25) is 0 Å². The summed E-state index contributed by atoms with van der Waals surface area (Å²) in [6.07, 6.45) is -2.77. The molecule has 0 radical (unpaired) electrons. The van der Waals surface area contributed by atoms with Gasteiger partial charge in [0.25, 0.3) is 0 Å². The van der Waals surface area contributed by atoms with E-state index in [0.717, 1.165) is 6.08 Å². The molecule has 5 nitrogen and oxygen atoms in total. The summed E-state index contributed by atoms with van der Waals surface area (Å²) in [6.45, 7) is 0. The van der Waals surface area contributed by atoms with Gasteiger partial charge in [-0.2, -0.15) is 0 Å². The van der Waals surface area contributed by atoms with Crippen LogP contribution in [0.25, 0.3) is 0 Å². The average Bonchev–Trinajstić information content (AvgIpc) is 2.17. The van der Waals surface area contributed by atoms with Gasteiger partial charge in [0.2, 0.25) is 0 Å². The first-order valence-electron chi connectivity index (χ1n) is 3.50. The summed E-state index contributed by atoms with van der Waals surface area (Å²) >= 11 is 0. The molecule has 0 aromatic heterocycles. The molecule has 1 aliphatic carbocycles. The number of aliphatic carboxylic acids is 1. The lowest BCUT2D eigenvalue weighted by Gasteiger charge is -2.09. The second-order valence-electron chi connectivity index (χ2n) is 2.76. The minimum atomic E-state index is -1.27. The van der Waals surface area contributed by atoms with E-state index < -0.39 is 24.3 Å². The number of carboxylic acids is 1. The Morgan fingerprint density at radius 3 is 2.33 bits per heavy atom. The molecule has 1 rings (SSSR count). The van der Waals surface area contributed by atoms with Gasteiger partial charge in [-0.15, -0.1) is 0 Å². The molecule has 0 unspecified atom stereocenters. The van der Waals surface area contributed by atoms with Crippen molar-refractivity contribution >= 4 is 5.97 Å². The molecule has 0 bridgehead atoms. The van der Waals surface area contributed by atoms with Gasteiger partial charge in [-0.05, 0) is 5.57 Å². The van der Waals surface area contributed by atoms with E-state index in [1.54, 1.807) is 0 Å². The Hall–Kier alpha value is -0.910. The molecule has 1 fully saturated rings. The van der Waals surface area contributed by atoms with Crippen LogP contribution < -0.4 is 0 Å². The van der Waals surface area contributed by atoms with Crippen LogP contribution in [-0.4, -0.2) is 44.7 Å². The summed E-state index contributed by atoms with van der Waals surface area (Å²) in [5, 5.41) is 35.5. The van der Waals surface area contributed by atoms with E-state index in [9.17, 15) is 4.79 Å². The zero-order valence-corrected chi connectivity index (χ0v) is 6.21. The zero-order chi connectivity index (χ0) is 9.30. The first kappa shape index (κ1) is 9.18. The minimum absolute atomic E-state index is 0.00856. The van der Waals surface area contributed by atoms with E-state index in [-0.39, 0.29) is 12.0 Å². The van der Waals surface area contributed by atoms with Crippen molar-refractivity contribution < 1.29 is 25.2 Å². The fourth-order valence-electron chi connectivity index (χ4n) is 1.22. The second-order valence-corrected chi connectivity index (χ2v) is 2.76. The minimum Gasteiger partial charge on any atom is -0.478 e. The SMILES string of the molecule is O=C(O)/C=C1\C[C@H](O)[C@H](O)[C@H]1O. The number of carbonyl (C=O) groups is 1. The Balaban J connectivity index is 2.77. The predicted octanol–water partition coefficient (Wildman–Crippen LogP) is -1.52. The van der Waals surface area contributed by atoms with Crippen molar-refractivity contribution in [2.24, 2.45) is 0 Å². The lowest BCUT2D eigenvalue weighted by molar-refractivity contribution is -0.131. The van der Waals surface area contributed by atoms with Crippen molar-refractivity contribution in [2.45, 2.75) is 24.7 Å². The van der Waals surface area contributed by atoms with Gasteiger partial charge in [0.1, 0.15) is 12.2 Å². The van der Waals surface area contributed by atoms with Crippen LogP contribution in [0.4, 0.5) is 0 Å². The van der Waals surface area contributed by atoms with E-state index >= 15 is 0 Å². The molecule has 0 spiro atoms. The highest BCUT2D eigenvalue weighted by Gasteiger charge is 2.36. The van der Waals surface area contributed by atoms with Crippen LogP contribution in [0.5, 0.6) is 0 Å². The number of aliphatic hydroxyl groups is 3. The highest BCUT2D eigenvalue weighted by atomic mass is 16.4. The zero-order valence-electron chi connectivity index (χ0n) is 6.21. The number of hydrogen-bond acceptors (Lipinski definition) is 4.